The minimum Gasteiger partial charge on any atom is -0.508 e. The highest BCUT2D eigenvalue weighted by Gasteiger charge is 2.33. The highest BCUT2D eigenvalue weighted by Crippen LogP contribution is 2.12. The van der Waals surface area contributed by atoms with E-state index < -0.39 is 54.0 Å². The van der Waals surface area contributed by atoms with E-state index in [1.165, 1.54) is 43.7 Å². The van der Waals surface area contributed by atoms with Crippen LogP contribution in [0, 0.1) is 0 Å². The van der Waals surface area contributed by atoms with Crippen molar-refractivity contribution in [3.63, 3.8) is 0 Å². The van der Waals surface area contributed by atoms with Crippen LogP contribution >= 0.6 is 0 Å². The Labute approximate surface area is 235 Å². The second-order valence-electron chi connectivity index (χ2n) is 9.39. The van der Waals surface area contributed by atoms with E-state index >= 15 is 0 Å². The van der Waals surface area contributed by atoms with Gasteiger partial charge < -0.3 is 53.5 Å². The van der Waals surface area contributed by atoms with E-state index in [0.717, 1.165) is 0 Å². The van der Waals surface area contributed by atoms with Crippen molar-refractivity contribution in [1.29, 1.82) is 0 Å². The zero-order chi connectivity index (χ0) is 30.5. The molecule has 2 rings (SSSR count). The van der Waals surface area contributed by atoms with Crippen molar-refractivity contribution in [1.82, 2.24) is 25.9 Å². The highest BCUT2D eigenvalue weighted by atomic mass is 16.4. The molecule has 0 fully saturated rings. The van der Waals surface area contributed by atoms with Gasteiger partial charge in [0.15, 0.2) is 5.96 Å². The number of hydrogen-bond donors (Lipinski definition) is 10. The molecule has 0 radical (unpaired) electrons. The number of carbonyl (C=O) groups excluding carboxylic acids is 3. The number of nitrogens with zero attached hydrogens (tertiary/aromatic N) is 2. The van der Waals surface area contributed by atoms with Crippen molar-refractivity contribution >= 4 is 29.7 Å². The SMILES string of the molecule is CC(O)C(NC(=O)C(Cc1cnc[nH]1)NC(=O)C(N)CCCN=C(N)N)C(=O)NC(Cc1ccc(O)cc1)C(=O)O. The van der Waals surface area contributed by atoms with Gasteiger partial charge in [-0.3, -0.25) is 19.4 Å². The molecule has 0 aliphatic heterocycles. The Hall–Kier alpha value is -4.70. The van der Waals surface area contributed by atoms with Gasteiger partial charge in [-0.05, 0) is 37.5 Å². The van der Waals surface area contributed by atoms with Gasteiger partial charge in [0.2, 0.25) is 17.7 Å². The summed E-state index contributed by atoms with van der Waals surface area (Å²) in [5.74, 6) is -3.88. The number of carboxylic acid groups (broad SMARTS) is 1. The minimum atomic E-state index is -1.56. The molecule has 3 amide bonds. The van der Waals surface area contributed by atoms with Gasteiger partial charge in [0, 0.05) is 31.3 Å². The maximum Gasteiger partial charge on any atom is 0.326 e. The number of benzene rings is 1. The number of phenolic OH excluding ortho intramolecular Hbond substituents is 1. The number of nitrogens with two attached hydrogens (primary N) is 3. The quantitative estimate of drug-likeness (QED) is 0.0554. The lowest BCUT2D eigenvalue weighted by Crippen LogP contribution is -2.60. The number of aliphatic imine (C=N–C) groups is 1. The summed E-state index contributed by atoms with van der Waals surface area (Å²) in [5, 5.41) is 36.6. The monoisotopic (exact) mass is 575 g/mol. The second kappa shape index (κ2) is 15.8. The number of aliphatic hydroxyl groups is 1. The molecule has 1 aromatic heterocycles. The first-order valence-electron chi connectivity index (χ1n) is 12.8. The Morgan fingerprint density at radius 2 is 1.66 bits per heavy atom. The molecule has 224 valence electrons. The van der Waals surface area contributed by atoms with Crippen LogP contribution in [0.4, 0.5) is 0 Å². The van der Waals surface area contributed by atoms with Crippen LogP contribution in [0.15, 0.2) is 41.8 Å². The molecule has 2 aromatic rings. The number of aromatic amines is 1. The smallest absolute Gasteiger partial charge is 0.326 e. The van der Waals surface area contributed by atoms with Gasteiger partial charge in [0.05, 0.1) is 18.5 Å². The van der Waals surface area contributed by atoms with Gasteiger partial charge in [-0.2, -0.15) is 0 Å². The predicted molar refractivity (Wildman–Crippen MR) is 147 cm³/mol. The fourth-order valence-corrected chi connectivity index (χ4v) is 3.74. The predicted octanol–water partition coefficient (Wildman–Crippen LogP) is -2.80. The highest BCUT2D eigenvalue weighted by molar-refractivity contribution is 5.94. The molecule has 41 heavy (non-hydrogen) atoms. The summed E-state index contributed by atoms with van der Waals surface area (Å²) in [6.45, 7) is 1.51. The van der Waals surface area contributed by atoms with Gasteiger partial charge in [-0.1, -0.05) is 12.1 Å². The number of carboxylic acids is 1. The maximum atomic E-state index is 13.2. The Kier molecular flexibility index (Phi) is 12.5. The van der Waals surface area contributed by atoms with E-state index in [1.54, 1.807) is 0 Å². The largest absolute Gasteiger partial charge is 0.508 e. The number of guanidine groups is 1. The molecule has 5 atom stereocenters. The van der Waals surface area contributed by atoms with E-state index in [0.29, 0.717) is 17.7 Å². The number of nitrogens with one attached hydrogen (secondary N) is 4. The van der Waals surface area contributed by atoms with E-state index in [2.05, 4.69) is 30.9 Å². The third-order valence-electron chi connectivity index (χ3n) is 5.97. The number of carbonyl (C=O) groups is 4. The number of amides is 3. The van der Waals surface area contributed by atoms with Crippen molar-refractivity contribution in [3.8, 4) is 5.75 Å². The molecule has 1 heterocycles. The third kappa shape index (κ3) is 11.1. The number of aliphatic carboxylic acids is 1. The number of hydrogen-bond acceptors (Lipinski definition) is 9. The summed E-state index contributed by atoms with van der Waals surface area (Å²) in [4.78, 5) is 61.3. The van der Waals surface area contributed by atoms with Crippen molar-refractivity contribution in [2.24, 2.45) is 22.2 Å². The fraction of sp³-hybridized carbons (Fsp3) is 0.440. The maximum absolute atomic E-state index is 13.2. The Morgan fingerprint density at radius 3 is 2.22 bits per heavy atom. The van der Waals surface area contributed by atoms with Gasteiger partial charge >= 0.3 is 5.97 Å². The molecule has 0 aliphatic rings. The molecule has 0 saturated heterocycles. The van der Waals surface area contributed by atoms with Crippen LogP contribution in [0.2, 0.25) is 0 Å². The molecule has 0 bridgehead atoms. The molecule has 5 unspecified atom stereocenters. The van der Waals surface area contributed by atoms with Crippen molar-refractivity contribution in [2.45, 2.75) is 62.9 Å². The first-order valence-corrected chi connectivity index (χ1v) is 12.8. The van der Waals surface area contributed by atoms with Crippen LogP contribution in [0.3, 0.4) is 0 Å². The first kappa shape index (κ1) is 32.5. The summed E-state index contributed by atoms with van der Waals surface area (Å²) in [6.07, 6.45) is 1.85. The lowest BCUT2D eigenvalue weighted by Gasteiger charge is -2.26. The van der Waals surface area contributed by atoms with Gasteiger partial charge in [0.1, 0.15) is 23.9 Å². The number of aliphatic hydroxyl groups excluding tert-OH is 1. The molecule has 1 aromatic carbocycles. The summed E-state index contributed by atoms with van der Waals surface area (Å²) in [6, 6.07) is 0.569. The lowest BCUT2D eigenvalue weighted by molar-refractivity contribution is -0.143. The molecule has 16 nitrogen and oxygen atoms in total. The first-order chi connectivity index (χ1) is 19.4. The van der Waals surface area contributed by atoms with Crippen molar-refractivity contribution in [2.75, 3.05) is 6.54 Å². The Balaban J connectivity index is 2.12. The van der Waals surface area contributed by atoms with E-state index in [9.17, 15) is 34.5 Å². The normalized spacial score (nSPS) is 14.5. The van der Waals surface area contributed by atoms with Gasteiger partial charge in [0.25, 0.3) is 0 Å². The van der Waals surface area contributed by atoms with Gasteiger partial charge in [-0.15, -0.1) is 0 Å². The van der Waals surface area contributed by atoms with E-state index in [4.69, 9.17) is 17.2 Å². The standard InChI is InChI=1S/C25H37N9O7/c1-13(35)20(23(39)33-19(24(40)41)9-14-4-6-16(36)7-5-14)34-22(38)18(10-15-11-29-12-31-15)32-21(37)17(26)3-2-8-30-25(27)28/h4-7,11-13,17-20,35-36H,2-3,8-10,26H2,1H3,(H,29,31)(H,32,37)(H,33,39)(H,34,38)(H,40,41)(H4,27,28,30). The molecule has 0 aliphatic carbocycles. The van der Waals surface area contributed by atoms with E-state index in [1.807, 2.05) is 0 Å². The van der Waals surface area contributed by atoms with Crippen LogP contribution in [0.25, 0.3) is 0 Å². The lowest BCUT2D eigenvalue weighted by atomic mass is 10.0. The molecule has 0 spiro atoms. The summed E-state index contributed by atoms with van der Waals surface area (Å²) in [5.41, 5.74) is 17.5. The second-order valence-corrected chi connectivity index (χ2v) is 9.39. The Bertz CT molecular complexity index is 1180. The zero-order valence-corrected chi connectivity index (χ0v) is 22.5. The van der Waals surface area contributed by atoms with Crippen molar-refractivity contribution in [3.05, 3.63) is 48.0 Å². The van der Waals surface area contributed by atoms with Crippen LogP contribution in [0.5, 0.6) is 5.75 Å². The summed E-state index contributed by atoms with van der Waals surface area (Å²) < 4.78 is 0. The number of aromatic nitrogens is 2. The van der Waals surface area contributed by atoms with E-state index in [-0.39, 0.29) is 37.5 Å². The molecular weight excluding hydrogens is 538 g/mol. The number of aromatic hydroxyl groups is 1. The zero-order valence-electron chi connectivity index (χ0n) is 22.5. The topological polar surface area (TPSA) is 284 Å². The molecule has 16 heteroatoms. The fourth-order valence-electron chi connectivity index (χ4n) is 3.74. The number of imidazole rings is 1. The van der Waals surface area contributed by atoms with Crippen molar-refractivity contribution < 1.29 is 34.5 Å². The molecular formula is C25H37N9O7. The average molecular weight is 576 g/mol. The van der Waals surface area contributed by atoms with Gasteiger partial charge in [-0.25, -0.2) is 9.78 Å². The number of phenols is 1. The number of rotatable bonds is 16. The Morgan fingerprint density at radius 1 is 1.00 bits per heavy atom. The summed E-state index contributed by atoms with van der Waals surface area (Å²) >= 11 is 0. The third-order valence-corrected chi connectivity index (χ3v) is 5.97. The van der Waals surface area contributed by atoms with Crippen LogP contribution in [-0.4, -0.2) is 91.8 Å². The van der Waals surface area contributed by atoms with Crippen LogP contribution in [0.1, 0.15) is 31.0 Å². The summed E-state index contributed by atoms with van der Waals surface area (Å²) in [7, 11) is 0. The minimum absolute atomic E-state index is 0.00906. The van der Waals surface area contributed by atoms with Crippen LogP contribution in [-0.2, 0) is 32.0 Å². The van der Waals surface area contributed by atoms with Crippen LogP contribution < -0.4 is 33.2 Å². The molecule has 0 saturated carbocycles. The molecule has 13 N–H and O–H groups in total. The number of H-pyrrole nitrogens is 1. The average Bonchev–Trinajstić information content (AvgIpc) is 3.42.